The van der Waals surface area contributed by atoms with Gasteiger partial charge in [-0.05, 0) is 89.2 Å². The molecule has 10 rings (SSSR count). The van der Waals surface area contributed by atoms with Crippen LogP contribution in [0.4, 0.5) is 0 Å². The summed E-state index contributed by atoms with van der Waals surface area (Å²) in [7, 11) is 0. The van der Waals surface area contributed by atoms with Crippen molar-refractivity contribution in [3.63, 3.8) is 0 Å². The second-order valence-corrected chi connectivity index (χ2v) is 14.2. The Hall–Kier alpha value is -6.52. The van der Waals surface area contributed by atoms with Crippen molar-refractivity contribution in [3.8, 4) is 22.9 Å². The van der Waals surface area contributed by atoms with Gasteiger partial charge >= 0.3 is 0 Å². The molecular formula is C46H30N5S-. The zero-order valence-corrected chi connectivity index (χ0v) is 28.8. The van der Waals surface area contributed by atoms with Crippen LogP contribution in [0.15, 0.2) is 169 Å². The molecule has 0 fully saturated rings. The molecule has 3 heterocycles. The molecule has 0 bridgehead atoms. The number of hydrogen-bond donors (Lipinski definition) is 1. The van der Waals surface area contributed by atoms with Crippen LogP contribution in [0.25, 0.3) is 64.1 Å². The number of hydrogen-bond acceptors (Lipinski definition) is 4. The fourth-order valence-electron chi connectivity index (χ4n) is 7.55. The molecule has 0 saturated heterocycles. The van der Waals surface area contributed by atoms with Gasteiger partial charge in [0, 0.05) is 42.2 Å². The number of thiophene rings is 1. The zero-order valence-electron chi connectivity index (χ0n) is 27.9. The Bertz CT molecular complexity index is 2880. The van der Waals surface area contributed by atoms with Gasteiger partial charge in [-0.1, -0.05) is 109 Å². The minimum atomic E-state index is -0.449. The number of para-hydroxylation sites is 1. The highest BCUT2D eigenvalue weighted by molar-refractivity contribution is 7.26. The second kappa shape index (κ2) is 12.4. The highest BCUT2D eigenvalue weighted by Gasteiger charge is 2.19. The molecule has 1 aliphatic rings. The molecule has 7 aromatic carbocycles. The van der Waals surface area contributed by atoms with Crippen LogP contribution in [-0.2, 0) is 0 Å². The van der Waals surface area contributed by atoms with Gasteiger partial charge in [0.2, 0.25) is 0 Å². The average molecular weight is 685 g/mol. The van der Waals surface area contributed by atoms with Gasteiger partial charge < -0.3 is 15.2 Å². The molecule has 6 heteroatoms. The minimum Gasteiger partial charge on any atom is -0.613 e. The van der Waals surface area contributed by atoms with Gasteiger partial charge in [-0.3, -0.25) is 4.99 Å². The Morgan fingerprint density at radius 1 is 0.615 bits per heavy atom. The lowest BCUT2D eigenvalue weighted by Gasteiger charge is -2.44. The van der Waals surface area contributed by atoms with Crippen molar-refractivity contribution < 1.29 is 0 Å². The molecule has 2 unspecified atom stereocenters. The van der Waals surface area contributed by atoms with Gasteiger partial charge in [0.05, 0.1) is 22.7 Å². The fraction of sp³-hybridized carbons (Fsp3) is 0.0435. The van der Waals surface area contributed by atoms with E-state index >= 15 is 0 Å². The SMILES string of the molecule is N#Cc1cccc(C2N=C(c3ccc(-n4c5ccccc5c5ccc(-c6cccc7c6sc6ccccc67)cc54)cc3)NC(c3ccccc3)[N-]2)c1. The molecule has 9 aromatic rings. The van der Waals surface area contributed by atoms with E-state index in [-0.39, 0.29) is 6.17 Å². The first kappa shape index (κ1) is 30.3. The third-order valence-corrected chi connectivity index (χ3v) is 11.3. The monoisotopic (exact) mass is 684 g/mol. The number of fused-ring (bicyclic) bond motifs is 6. The predicted octanol–water partition coefficient (Wildman–Crippen LogP) is 11.8. The highest BCUT2D eigenvalue weighted by atomic mass is 32.1. The van der Waals surface area contributed by atoms with E-state index in [4.69, 9.17) is 10.3 Å². The standard InChI is InChI=1S/C46H30N5S/c47-28-29-10-8-13-33(26-29)46-49-44(30-11-2-1-3-12-30)48-45(50-46)31-20-23-34(24-21-31)51-40-18-6-4-14-36(40)37-25-22-32(27-41(37)51)35-16-9-17-39-38-15-5-7-19-42(38)52-43(35)39/h1-27,44,46H,(H,48,50)/q-1. The molecule has 1 aliphatic heterocycles. The molecule has 2 atom stereocenters. The lowest BCUT2D eigenvalue weighted by atomic mass is 10.0. The van der Waals surface area contributed by atoms with Crippen LogP contribution in [0, 0.1) is 11.3 Å². The maximum Gasteiger partial charge on any atom is 0.126 e. The summed E-state index contributed by atoms with van der Waals surface area (Å²) in [5.41, 5.74) is 9.37. The van der Waals surface area contributed by atoms with Crippen LogP contribution in [0.3, 0.4) is 0 Å². The zero-order chi connectivity index (χ0) is 34.6. The first-order valence-electron chi connectivity index (χ1n) is 17.4. The lowest BCUT2D eigenvalue weighted by molar-refractivity contribution is 0.631. The van der Waals surface area contributed by atoms with E-state index in [1.54, 1.807) is 0 Å². The smallest absolute Gasteiger partial charge is 0.126 e. The topological polar surface area (TPSA) is 67.2 Å². The molecule has 0 aliphatic carbocycles. The molecular weight excluding hydrogens is 655 g/mol. The number of amidine groups is 1. The molecule has 0 saturated carbocycles. The first-order valence-corrected chi connectivity index (χ1v) is 18.2. The molecule has 0 amide bonds. The summed E-state index contributed by atoms with van der Waals surface area (Å²) in [5, 5.41) is 23.3. The van der Waals surface area contributed by atoms with Crippen LogP contribution in [0.5, 0.6) is 0 Å². The summed E-state index contributed by atoms with van der Waals surface area (Å²) >= 11 is 1.86. The number of nitriles is 1. The number of aromatic nitrogens is 1. The number of nitrogens with zero attached hydrogens (tertiary/aromatic N) is 4. The normalized spacial score (nSPS) is 15.9. The molecule has 5 nitrogen and oxygen atoms in total. The minimum absolute atomic E-state index is 0.287. The van der Waals surface area contributed by atoms with Crippen LogP contribution in [0.1, 0.15) is 34.6 Å². The van der Waals surface area contributed by atoms with Crippen molar-refractivity contribution in [2.24, 2.45) is 4.99 Å². The van der Waals surface area contributed by atoms with E-state index in [9.17, 15) is 5.26 Å². The second-order valence-electron chi connectivity index (χ2n) is 13.1. The van der Waals surface area contributed by atoms with E-state index < -0.39 is 6.17 Å². The molecule has 0 radical (unpaired) electrons. The average Bonchev–Trinajstić information content (AvgIpc) is 3.77. The van der Waals surface area contributed by atoms with E-state index in [2.05, 4.69) is 137 Å². The van der Waals surface area contributed by atoms with Crippen molar-refractivity contribution in [2.45, 2.75) is 12.3 Å². The summed E-state index contributed by atoms with van der Waals surface area (Å²) < 4.78 is 4.99. The highest BCUT2D eigenvalue weighted by Crippen LogP contribution is 2.42. The van der Waals surface area contributed by atoms with E-state index in [1.807, 2.05) is 53.8 Å². The van der Waals surface area contributed by atoms with Crippen molar-refractivity contribution >= 4 is 59.2 Å². The summed E-state index contributed by atoms with van der Waals surface area (Å²) in [4.78, 5) is 5.08. The Labute approximate surface area is 304 Å². The maximum absolute atomic E-state index is 9.57. The summed E-state index contributed by atoms with van der Waals surface area (Å²) in [6.45, 7) is 0. The number of rotatable bonds is 5. The summed E-state index contributed by atoms with van der Waals surface area (Å²) in [6, 6.07) is 59.6. The van der Waals surface area contributed by atoms with E-state index in [1.165, 1.54) is 42.1 Å². The Morgan fingerprint density at radius 2 is 1.33 bits per heavy atom. The maximum atomic E-state index is 9.57. The predicted molar refractivity (Wildman–Crippen MR) is 215 cm³/mol. The van der Waals surface area contributed by atoms with E-state index in [0.29, 0.717) is 5.56 Å². The van der Waals surface area contributed by atoms with E-state index in [0.717, 1.165) is 39.2 Å². The van der Waals surface area contributed by atoms with Crippen LogP contribution in [-0.4, -0.2) is 10.4 Å². The summed E-state index contributed by atoms with van der Waals surface area (Å²) in [6.07, 6.45) is -0.735. The molecule has 0 spiro atoms. The van der Waals surface area contributed by atoms with Gasteiger partial charge in [-0.15, -0.1) is 11.3 Å². The largest absolute Gasteiger partial charge is 0.613 e. The fourth-order valence-corrected chi connectivity index (χ4v) is 8.79. The number of benzene rings is 7. The van der Waals surface area contributed by atoms with Crippen molar-refractivity contribution in [1.82, 2.24) is 9.88 Å². The van der Waals surface area contributed by atoms with Gasteiger partial charge in [0.15, 0.2) is 0 Å². The molecule has 246 valence electrons. The van der Waals surface area contributed by atoms with Gasteiger partial charge in [0.1, 0.15) is 5.84 Å². The quantitative estimate of drug-likeness (QED) is 0.196. The Morgan fingerprint density at radius 3 is 2.19 bits per heavy atom. The van der Waals surface area contributed by atoms with Crippen molar-refractivity contribution in [3.05, 3.63) is 191 Å². The van der Waals surface area contributed by atoms with Gasteiger partial charge in [0.25, 0.3) is 0 Å². The van der Waals surface area contributed by atoms with Crippen molar-refractivity contribution in [2.75, 3.05) is 0 Å². The van der Waals surface area contributed by atoms with Crippen LogP contribution < -0.4 is 5.32 Å². The molecule has 1 N–H and O–H groups in total. The first-order chi connectivity index (χ1) is 25.7. The Kier molecular flexibility index (Phi) is 7.21. The Balaban J connectivity index is 1.08. The lowest BCUT2D eigenvalue weighted by Crippen LogP contribution is -2.34. The third kappa shape index (κ3) is 5.06. The number of aliphatic imine (C=N–C) groups is 1. The third-order valence-electron chi connectivity index (χ3n) is 10.0. The van der Waals surface area contributed by atoms with Gasteiger partial charge in [-0.25, -0.2) is 0 Å². The molecule has 2 aromatic heterocycles. The molecule has 52 heavy (non-hydrogen) atoms. The van der Waals surface area contributed by atoms with Crippen LogP contribution in [0.2, 0.25) is 0 Å². The number of nitrogens with one attached hydrogen (secondary N) is 1. The van der Waals surface area contributed by atoms with Crippen molar-refractivity contribution in [1.29, 1.82) is 5.26 Å². The summed E-state index contributed by atoms with van der Waals surface area (Å²) in [5.74, 6) is 0.767. The van der Waals surface area contributed by atoms with Gasteiger partial charge in [-0.2, -0.15) is 5.26 Å². The van der Waals surface area contributed by atoms with Crippen LogP contribution >= 0.6 is 11.3 Å².